The molecule has 2 atom stereocenters. The maximum atomic E-state index is 2.77. The third-order valence-corrected chi connectivity index (χ3v) is 4.85. The molecular weight excluding hydrogens is 220 g/mol. The van der Waals surface area contributed by atoms with Crippen LogP contribution in [0.25, 0.3) is 0 Å². The highest BCUT2D eigenvalue weighted by molar-refractivity contribution is 4.87. The molecule has 2 heterocycles. The first-order valence-corrected chi connectivity index (χ1v) is 8.29. The van der Waals surface area contributed by atoms with Gasteiger partial charge in [-0.3, -0.25) is 4.90 Å². The van der Waals surface area contributed by atoms with E-state index in [4.69, 9.17) is 0 Å². The molecule has 2 rings (SSSR count). The molecule has 0 aromatic carbocycles. The number of fused-ring (bicyclic) bond motifs is 1. The number of rotatable bonds is 7. The topological polar surface area (TPSA) is 6.48 Å². The van der Waals surface area contributed by atoms with Gasteiger partial charge in [0.25, 0.3) is 0 Å². The molecule has 0 radical (unpaired) electrons. The lowest BCUT2D eigenvalue weighted by Gasteiger charge is -2.39. The fraction of sp³-hybridized carbons (Fsp3) is 1.00. The summed E-state index contributed by atoms with van der Waals surface area (Å²) >= 11 is 0. The van der Waals surface area contributed by atoms with Crippen LogP contribution in [0.3, 0.4) is 0 Å². The van der Waals surface area contributed by atoms with Gasteiger partial charge in [-0.2, -0.15) is 0 Å². The van der Waals surface area contributed by atoms with Gasteiger partial charge in [-0.1, -0.05) is 33.1 Å². The summed E-state index contributed by atoms with van der Waals surface area (Å²) in [4.78, 5) is 5.49. The van der Waals surface area contributed by atoms with Crippen molar-refractivity contribution in [3.63, 3.8) is 0 Å². The summed E-state index contributed by atoms with van der Waals surface area (Å²) < 4.78 is 0. The number of nitrogens with zero attached hydrogens (tertiary/aromatic N) is 2. The molecule has 2 nitrogen and oxygen atoms in total. The molecule has 2 saturated heterocycles. The Balaban J connectivity index is 1.75. The lowest BCUT2D eigenvalue weighted by Crippen LogP contribution is -2.51. The monoisotopic (exact) mass is 252 g/mol. The van der Waals surface area contributed by atoms with Gasteiger partial charge < -0.3 is 4.90 Å². The highest BCUT2D eigenvalue weighted by Crippen LogP contribution is 2.23. The molecule has 2 unspecified atom stereocenters. The molecule has 0 bridgehead atoms. The first-order valence-electron chi connectivity index (χ1n) is 8.29. The van der Waals surface area contributed by atoms with E-state index in [0.29, 0.717) is 0 Å². The summed E-state index contributed by atoms with van der Waals surface area (Å²) in [5.74, 6) is 0.961. The minimum absolute atomic E-state index is 0.896. The Labute approximate surface area is 114 Å². The van der Waals surface area contributed by atoms with Crippen LogP contribution < -0.4 is 0 Å². The fourth-order valence-electron chi connectivity index (χ4n) is 3.81. The second-order valence-corrected chi connectivity index (χ2v) is 6.39. The highest BCUT2D eigenvalue weighted by Gasteiger charge is 2.30. The summed E-state index contributed by atoms with van der Waals surface area (Å²) in [6.07, 6.45) is 9.92. The van der Waals surface area contributed by atoms with Crippen LogP contribution in [0.5, 0.6) is 0 Å². The van der Waals surface area contributed by atoms with E-state index in [2.05, 4.69) is 23.6 Å². The Morgan fingerprint density at radius 2 is 1.94 bits per heavy atom. The maximum Gasteiger partial charge on any atom is 0.0224 e. The summed E-state index contributed by atoms with van der Waals surface area (Å²) in [6, 6.07) is 0.896. The molecule has 18 heavy (non-hydrogen) atoms. The van der Waals surface area contributed by atoms with E-state index in [9.17, 15) is 0 Å². The molecule has 0 N–H and O–H groups in total. The Bertz CT molecular complexity index is 229. The van der Waals surface area contributed by atoms with Crippen LogP contribution in [0.2, 0.25) is 0 Å². The van der Waals surface area contributed by atoms with Gasteiger partial charge in [-0.25, -0.2) is 0 Å². The lowest BCUT2D eigenvalue weighted by atomic mass is 9.96. The molecule has 2 aliphatic rings. The SMILES string of the molecule is CCCCC(CCC)CN1CCN2CCCC2C1. The van der Waals surface area contributed by atoms with Crippen LogP contribution >= 0.6 is 0 Å². The van der Waals surface area contributed by atoms with Crippen molar-refractivity contribution in [1.29, 1.82) is 0 Å². The molecule has 0 saturated carbocycles. The minimum Gasteiger partial charge on any atom is -0.300 e. The lowest BCUT2D eigenvalue weighted by molar-refractivity contribution is 0.0885. The first kappa shape index (κ1) is 14.3. The van der Waals surface area contributed by atoms with Gasteiger partial charge in [0.05, 0.1) is 0 Å². The zero-order chi connectivity index (χ0) is 12.8. The maximum absolute atomic E-state index is 2.77. The quantitative estimate of drug-likeness (QED) is 0.685. The van der Waals surface area contributed by atoms with E-state index < -0.39 is 0 Å². The van der Waals surface area contributed by atoms with Gasteiger partial charge in [-0.05, 0) is 38.1 Å². The summed E-state index contributed by atoms with van der Waals surface area (Å²) in [6.45, 7) is 11.4. The van der Waals surface area contributed by atoms with Crippen LogP contribution in [-0.2, 0) is 0 Å². The zero-order valence-electron chi connectivity index (χ0n) is 12.5. The van der Waals surface area contributed by atoms with Crippen LogP contribution in [-0.4, -0.2) is 48.6 Å². The van der Waals surface area contributed by atoms with Gasteiger partial charge in [0.2, 0.25) is 0 Å². The van der Waals surface area contributed by atoms with Crippen molar-refractivity contribution in [2.24, 2.45) is 5.92 Å². The molecule has 0 aromatic rings. The van der Waals surface area contributed by atoms with E-state index in [-0.39, 0.29) is 0 Å². The number of hydrogen-bond acceptors (Lipinski definition) is 2. The first-order chi connectivity index (χ1) is 8.83. The number of hydrogen-bond donors (Lipinski definition) is 0. The van der Waals surface area contributed by atoms with Crippen molar-refractivity contribution in [2.45, 2.75) is 64.8 Å². The average Bonchev–Trinajstić information content (AvgIpc) is 2.83. The second-order valence-electron chi connectivity index (χ2n) is 6.39. The van der Waals surface area contributed by atoms with Crippen molar-refractivity contribution < 1.29 is 0 Å². The third kappa shape index (κ3) is 3.96. The third-order valence-electron chi connectivity index (χ3n) is 4.85. The van der Waals surface area contributed by atoms with Gasteiger partial charge in [0.1, 0.15) is 0 Å². The van der Waals surface area contributed by atoms with Gasteiger partial charge in [-0.15, -0.1) is 0 Å². The number of unbranched alkanes of at least 4 members (excludes halogenated alkanes) is 1. The van der Waals surface area contributed by atoms with E-state index in [1.54, 1.807) is 0 Å². The van der Waals surface area contributed by atoms with Crippen molar-refractivity contribution in [1.82, 2.24) is 9.80 Å². The zero-order valence-corrected chi connectivity index (χ0v) is 12.5. The highest BCUT2D eigenvalue weighted by atomic mass is 15.3. The van der Waals surface area contributed by atoms with Gasteiger partial charge in [0, 0.05) is 32.2 Å². The van der Waals surface area contributed by atoms with Crippen molar-refractivity contribution in [2.75, 3.05) is 32.7 Å². The molecule has 0 aliphatic carbocycles. The smallest absolute Gasteiger partial charge is 0.0224 e. The number of piperazine rings is 1. The minimum atomic E-state index is 0.896. The van der Waals surface area contributed by atoms with E-state index in [0.717, 1.165) is 12.0 Å². The standard InChI is InChI=1S/C16H32N2/c1-3-5-8-15(7-4-2)13-17-11-12-18-10-6-9-16(18)14-17/h15-16H,3-14H2,1-2H3. The molecule has 2 heteroatoms. The predicted molar refractivity (Wildman–Crippen MR) is 79.0 cm³/mol. The molecule has 2 fully saturated rings. The van der Waals surface area contributed by atoms with Crippen LogP contribution in [0.1, 0.15) is 58.8 Å². The Morgan fingerprint density at radius 3 is 2.72 bits per heavy atom. The van der Waals surface area contributed by atoms with E-state index >= 15 is 0 Å². The second kappa shape index (κ2) is 7.49. The summed E-state index contributed by atoms with van der Waals surface area (Å²) in [7, 11) is 0. The molecule has 0 spiro atoms. The van der Waals surface area contributed by atoms with Gasteiger partial charge >= 0.3 is 0 Å². The van der Waals surface area contributed by atoms with Crippen LogP contribution in [0, 0.1) is 5.92 Å². The summed E-state index contributed by atoms with van der Waals surface area (Å²) in [5, 5.41) is 0. The van der Waals surface area contributed by atoms with Crippen LogP contribution in [0.15, 0.2) is 0 Å². The molecule has 2 aliphatic heterocycles. The fourth-order valence-corrected chi connectivity index (χ4v) is 3.81. The summed E-state index contributed by atoms with van der Waals surface area (Å²) in [5.41, 5.74) is 0. The van der Waals surface area contributed by atoms with Crippen molar-refractivity contribution in [3.8, 4) is 0 Å². The molecule has 0 aromatic heterocycles. The Hall–Kier alpha value is -0.0800. The molecule has 0 amide bonds. The molecule has 106 valence electrons. The van der Waals surface area contributed by atoms with E-state index in [1.807, 2.05) is 0 Å². The predicted octanol–water partition coefficient (Wildman–Crippen LogP) is 3.37. The Morgan fingerprint density at radius 1 is 1.06 bits per heavy atom. The largest absolute Gasteiger partial charge is 0.300 e. The Kier molecular flexibility index (Phi) is 5.97. The normalized spacial score (nSPS) is 27.3. The molecular formula is C16H32N2. The van der Waals surface area contributed by atoms with Crippen LogP contribution in [0.4, 0.5) is 0 Å². The average molecular weight is 252 g/mol. The van der Waals surface area contributed by atoms with Crippen molar-refractivity contribution in [3.05, 3.63) is 0 Å². The van der Waals surface area contributed by atoms with Crippen molar-refractivity contribution >= 4 is 0 Å². The van der Waals surface area contributed by atoms with Gasteiger partial charge in [0.15, 0.2) is 0 Å². The van der Waals surface area contributed by atoms with E-state index in [1.165, 1.54) is 77.7 Å².